The van der Waals surface area contributed by atoms with Crippen molar-refractivity contribution < 1.29 is 5.11 Å². The van der Waals surface area contributed by atoms with Crippen molar-refractivity contribution in [3.05, 3.63) is 53.7 Å². The Hall–Kier alpha value is -2.78. The van der Waals surface area contributed by atoms with E-state index in [2.05, 4.69) is 27.3 Å². The van der Waals surface area contributed by atoms with Crippen molar-refractivity contribution in [2.75, 3.05) is 16.7 Å². The zero-order chi connectivity index (χ0) is 17.5. The van der Waals surface area contributed by atoms with Crippen LogP contribution in [0.4, 0.5) is 5.69 Å². The lowest BCUT2D eigenvalue weighted by Gasteiger charge is -2.42. The first kappa shape index (κ1) is 14.4. The van der Waals surface area contributed by atoms with Gasteiger partial charge in [-0.1, -0.05) is 18.2 Å². The molecule has 132 valence electrons. The molecule has 26 heavy (non-hydrogen) atoms. The van der Waals surface area contributed by atoms with Gasteiger partial charge in [0.25, 0.3) is 0 Å². The van der Waals surface area contributed by atoms with Crippen LogP contribution in [0.5, 0.6) is 0 Å². The fourth-order valence-electron chi connectivity index (χ4n) is 3.78. The molecule has 6 rings (SSSR count). The Labute approximate surface area is 154 Å². The minimum atomic E-state index is -0.856. The number of benzene rings is 1. The predicted molar refractivity (Wildman–Crippen MR) is 94.0 cm³/mol. The van der Waals surface area contributed by atoms with E-state index in [-0.39, 0.29) is 6.17 Å². The van der Waals surface area contributed by atoms with Gasteiger partial charge in [0.05, 0.1) is 18.1 Å². The highest BCUT2D eigenvalue weighted by atomic mass is 35.5. The number of hydrogen-bond donors (Lipinski definition) is 1. The van der Waals surface area contributed by atoms with Gasteiger partial charge < -0.3 is 10.0 Å². The van der Waals surface area contributed by atoms with Crippen LogP contribution in [-0.2, 0) is 5.60 Å². The Morgan fingerprint density at radius 3 is 2.92 bits per heavy atom. The van der Waals surface area contributed by atoms with Crippen LogP contribution in [0.15, 0.2) is 47.5 Å². The summed E-state index contributed by atoms with van der Waals surface area (Å²) in [6.07, 6.45) is 6.40. The number of halogens is 1. The number of rotatable bonds is 2. The molecule has 1 fully saturated rings. The molecule has 2 aromatic rings. The van der Waals surface area contributed by atoms with Gasteiger partial charge in [0.2, 0.25) is 0 Å². The van der Waals surface area contributed by atoms with Gasteiger partial charge in [-0.15, -0.1) is 9.89 Å². The standard InChI is InChI=1S/C16H15ClN8O/c17-21-8-14-22(10-21)12-4-2-1-3-11(12)15-18-9-23(24(14)15)25-13(7-19-20-25)16(26)5-6-16/h1-4,7-9,15,26H,5-6,10H2. The number of hydrazine groups is 1. The second-order valence-electron chi connectivity index (χ2n) is 6.86. The molecule has 1 aromatic heterocycles. The maximum absolute atomic E-state index is 10.6. The second kappa shape index (κ2) is 4.68. The van der Waals surface area contributed by atoms with E-state index in [0.29, 0.717) is 25.2 Å². The van der Waals surface area contributed by atoms with Gasteiger partial charge in [-0.25, -0.2) is 10.0 Å². The Morgan fingerprint density at radius 1 is 1.23 bits per heavy atom. The fraction of sp³-hybridized carbons (Fsp3) is 0.312. The van der Waals surface area contributed by atoms with Crippen molar-refractivity contribution in [3.63, 3.8) is 0 Å². The number of aromatic nitrogens is 3. The number of para-hydroxylation sites is 1. The molecular weight excluding hydrogens is 356 g/mol. The summed E-state index contributed by atoms with van der Waals surface area (Å²) in [5, 5.41) is 22.6. The third-order valence-electron chi connectivity index (χ3n) is 5.24. The van der Waals surface area contributed by atoms with Gasteiger partial charge in [0.1, 0.15) is 24.3 Å². The molecular formula is C16H15ClN8O. The van der Waals surface area contributed by atoms with E-state index in [9.17, 15) is 5.11 Å². The lowest BCUT2D eigenvalue weighted by molar-refractivity contribution is 0.131. The third-order valence-corrected chi connectivity index (χ3v) is 5.44. The van der Waals surface area contributed by atoms with Gasteiger partial charge in [0, 0.05) is 17.3 Å². The van der Waals surface area contributed by atoms with Gasteiger partial charge in [-0.2, -0.15) is 5.12 Å². The molecule has 0 amide bonds. The summed E-state index contributed by atoms with van der Waals surface area (Å²) in [6, 6.07) is 8.16. The number of aliphatic hydroxyl groups is 1. The molecule has 4 aliphatic rings. The smallest absolute Gasteiger partial charge is 0.173 e. The molecule has 1 aliphatic carbocycles. The van der Waals surface area contributed by atoms with Crippen LogP contribution in [0.2, 0.25) is 0 Å². The Balaban J connectivity index is 1.49. The summed E-state index contributed by atoms with van der Waals surface area (Å²) in [6.45, 7) is 0.541. The minimum absolute atomic E-state index is 0.220. The maximum Gasteiger partial charge on any atom is 0.173 e. The van der Waals surface area contributed by atoms with Crippen LogP contribution in [0.3, 0.4) is 0 Å². The number of anilines is 1. The number of aliphatic imine (C=N–C) groups is 1. The normalized spacial score (nSPS) is 24.5. The van der Waals surface area contributed by atoms with Crippen molar-refractivity contribution in [3.8, 4) is 0 Å². The van der Waals surface area contributed by atoms with Gasteiger partial charge in [-0.05, 0) is 24.1 Å². The Kier molecular flexibility index (Phi) is 2.59. The predicted octanol–water partition coefficient (Wildman–Crippen LogP) is 1.20. The summed E-state index contributed by atoms with van der Waals surface area (Å²) in [7, 11) is 0. The highest BCUT2D eigenvalue weighted by molar-refractivity contribution is 6.14. The SMILES string of the molecule is OC1(c2cnnn2N2C=NC3c4ccccc4N4CN(Cl)C=C4N32)CC1. The Bertz CT molecular complexity index is 967. The van der Waals surface area contributed by atoms with Crippen LogP contribution in [0, 0.1) is 0 Å². The zero-order valence-electron chi connectivity index (χ0n) is 13.6. The largest absolute Gasteiger partial charge is 0.383 e. The third kappa shape index (κ3) is 1.76. The van der Waals surface area contributed by atoms with Gasteiger partial charge in [0.15, 0.2) is 12.0 Å². The average Bonchev–Trinajstić information content (AvgIpc) is 3.05. The topological polar surface area (TPSA) is 76.3 Å². The molecule has 4 heterocycles. The van der Waals surface area contributed by atoms with Gasteiger partial charge in [-0.3, -0.25) is 4.42 Å². The number of nitrogens with zero attached hydrogens (tertiary/aromatic N) is 8. The maximum atomic E-state index is 10.6. The quantitative estimate of drug-likeness (QED) is 0.796. The molecule has 1 atom stereocenters. The van der Waals surface area contributed by atoms with Crippen molar-refractivity contribution >= 4 is 23.8 Å². The first-order chi connectivity index (χ1) is 12.7. The minimum Gasteiger partial charge on any atom is -0.383 e. The highest BCUT2D eigenvalue weighted by Gasteiger charge is 2.49. The first-order valence-corrected chi connectivity index (χ1v) is 8.76. The van der Waals surface area contributed by atoms with Crippen LogP contribution >= 0.6 is 11.8 Å². The molecule has 1 unspecified atom stereocenters. The van der Waals surface area contributed by atoms with Crippen LogP contribution in [0.1, 0.15) is 30.3 Å². The molecule has 1 N–H and O–H groups in total. The Morgan fingerprint density at radius 2 is 2.08 bits per heavy atom. The van der Waals surface area contributed by atoms with E-state index in [0.717, 1.165) is 17.1 Å². The second-order valence-corrected chi connectivity index (χ2v) is 7.29. The van der Waals surface area contributed by atoms with E-state index in [1.165, 1.54) is 0 Å². The molecule has 10 heteroatoms. The van der Waals surface area contributed by atoms with Crippen molar-refractivity contribution in [1.29, 1.82) is 0 Å². The molecule has 9 nitrogen and oxygen atoms in total. The highest BCUT2D eigenvalue weighted by Crippen LogP contribution is 2.47. The fourth-order valence-corrected chi connectivity index (χ4v) is 3.97. The average molecular weight is 371 g/mol. The van der Waals surface area contributed by atoms with E-state index in [1.54, 1.807) is 26.9 Å². The van der Waals surface area contributed by atoms with Crippen molar-refractivity contribution in [2.24, 2.45) is 4.99 Å². The first-order valence-electron chi connectivity index (χ1n) is 8.42. The van der Waals surface area contributed by atoms with E-state index in [4.69, 9.17) is 16.8 Å². The summed E-state index contributed by atoms with van der Waals surface area (Å²) in [4.78, 5) is 8.43. The summed E-state index contributed by atoms with van der Waals surface area (Å²) in [5.41, 5.74) is 1.98. The van der Waals surface area contributed by atoms with Crippen molar-refractivity contribution in [1.82, 2.24) is 24.5 Å². The summed E-state index contributed by atoms with van der Waals surface area (Å²) >= 11 is 6.28. The molecule has 1 saturated carbocycles. The van der Waals surface area contributed by atoms with Crippen LogP contribution < -0.4 is 10.0 Å². The van der Waals surface area contributed by atoms with Gasteiger partial charge >= 0.3 is 0 Å². The van der Waals surface area contributed by atoms with Crippen LogP contribution in [0.25, 0.3) is 0 Å². The van der Waals surface area contributed by atoms with E-state index < -0.39 is 5.60 Å². The van der Waals surface area contributed by atoms with Crippen LogP contribution in [-0.4, -0.2) is 42.6 Å². The lowest BCUT2D eigenvalue weighted by Crippen LogP contribution is -2.52. The zero-order valence-corrected chi connectivity index (χ0v) is 14.4. The monoisotopic (exact) mass is 370 g/mol. The summed E-state index contributed by atoms with van der Waals surface area (Å²) in [5.74, 6) is 0.894. The summed E-state index contributed by atoms with van der Waals surface area (Å²) < 4.78 is 1.61. The molecule has 1 aromatic carbocycles. The molecule has 0 spiro atoms. The lowest BCUT2D eigenvalue weighted by atomic mass is 10.1. The molecule has 0 bridgehead atoms. The van der Waals surface area contributed by atoms with E-state index in [1.807, 2.05) is 23.3 Å². The number of hydrogen-bond acceptors (Lipinski definition) is 8. The number of fused-ring (bicyclic) bond motifs is 6. The molecule has 3 aliphatic heterocycles. The van der Waals surface area contributed by atoms with E-state index >= 15 is 0 Å². The van der Waals surface area contributed by atoms with Crippen molar-refractivity contribution in [2.45, 2.75) is 24.6 Å². The molecule has 0 radical (unpaired) electrons. The molecule has 0 saturated heterocycles.